The first-order valence-electron chi connectivity index (χ1n) is 14.6. The lowest BCUT2D eigenvalue weighted by atomic mass is 10.0. The number of imidazole rings is 1. The number of rotatable bonds is 4. The second kappa shape index (κ2) is 9.71. The highest BCUT2D eigenvalue weighted by Crippen LogP contribution is 2.38. The summed E-state index contributed by atoms with van der Waals surface area (Å²) in [6.07, 6.45) is 2.06. The maximum Gasteiger partial charge on any atom is 0.220 e. The number of hydrogen-bond acceptors (Lipinski definition) is 4. The van der Waals surface area contributed by atoms with E-state index in [-0.39, 0.29) is 0 Å². The van der Waals surface area contributed by atoms with Crippen LogP contribution in [-0.2, 0) is 0 Å². The number of benzene rings is 5. The minimum atomic E-state index is 0.527. The minimum Gasteiger partial charge on any atom is -0.285 e. The lowest BCUT2D eigenvalue weighted by Gasteiger charge is -2.07. The van der Waals surface area contributed by atoms with Gasteiger partial charge in [-0.15, -0.1) is 0 Å². The first-order chi connectivity index (χ1) is 21.8. The molecule has 9 aromatic rings. The SMILES string of the molecule is c1ccc(-c2nc(-c3ccccc3)nc(-c3nc(-n4c5ccccc5c5c6ccccc6ccc54)n4ccccc34)n2)cc1. The van der Waals surface area contributed by atoms with Crippen LogP contribution in [0.4, 0.5) is 0 Å². The second-order valence-corrected chi connectivity index (χ2v) is 10.8. The van der Waals surface area contributed by atoms with Crippen LogP contribution in [0.3, 0.4) is 0 Å². The third-order valence-corrected chi connectivity index (χ3v) is 8.20. The molecule has 44 heavy (non-hydrogen) atoms. The van der Waals surface area contributed by atoms with Crippen molar-refractivity contribution in [3.05, 3.63) is 146 Å². The third-order valence-electron chi connectivity index (χ3n) is 8.20. The van der Waals surface area contributed by atoms with E-state index in [9.17, 15) is 0 Å². The molecule has 0 radical (unpaired) electrons. The largest absolute Gasteiger partial charge is 0.285 e. The molecule has 0 saturated carbocycles. The highest BCUT2D eigenvalue weighted by Gasteiger charge is 2.22. The molecule has 6 nitrogen and oxygen atoms in total. The molecule has 0 aliphatic heterocycles. The van der Waals surface area contributed by atoms with Gasteiger partial charge in [-0.2, -0.15) is 0 Å². The number of nitrogens with zero attached hydrogens (tertiary/aromatic N) is 6. The molecule has 0 amide bonds. The van der Waals surface area contributed by atoms with Crippen molar-refractivity contribution in [2.24, 2.45) is 0 Å². The lowest BCUT2D eigenvalue weighted by Crippen LogP contribution is -2.01. The standard InChI is InChI=1S/C38H24N6/c1-3-14-26(15-4-1)35-40-36(27-16-5-2-6-17-27)42-37(41-35)34-32-21-11-12-24-43(32)38(39-34)44-30-20-10-9-19-29(30)33-28-18-8-7-13-25(28)22-23-31(33)44/h1-24H. The molecule has 0 saturated heterocycles. The van der Waals surface area contributed by atoms with Crippen LogP contribution in [0.2, 0.25) is 0 Å². The summed E-state index contributed by atoms with van der Waals surface area (Å²) in [5, 5.41) is 4.83. The van der Waals surface area contributed by atoms with Crippen LogP contribution in [-0.4, -0.2) is 28.9 Å². The first kappa shape index (κ1) is 24.5. The second-order valence-electron chi connectivity index (χ2n) is 10.8. The van der Waals surface area contributed by atoms with Crippen molar-refractivity contribution in [2.45, 2.75) is 0 Å². The summed E-state index contributed by atoms with van der Waals surface area (Å²) >= 11 is 0. The number of fused-ring (bicyclic) bond motifs is 6. The Labute approximate surface area is 252 Å². The number of aromatic nitrogens is 6. The van der Waals surface area contributed by atoms with Crippen LogP contribution < -0.4 is 0 Å². The molecule has 0 unspecified atom stereocenters. The molecule has 0 atom stereocenters. The molecule has 6 heteroatoms. The predicted molar refractivity (Wildman–Crippen MR) is 177 cm³/mol. The molecule has 9 rings (SSSR count). The molecule has 4 heterocycles. The Morgan fingerprint density at radius 2 is 1.00 bits per heavy atom. The van der Waals surface area contributed by atoms with Crippen molar-refractivity contribution >= 4 is 38.1 Å². The molecular weight excluding hydrogens is 540 g/mol. The topological polar surface area (TPSA) is 60.9 Å². The molecule has 0 aliphatic carbocycles. The molecule has 0 bridgehead atoms. The van der Waals surface area contributed by atoms with E-state index in [4.69, 9.17) is 19.9 Å². The van der Waals surface area contributed by atoms with Crippen molar-refractivity contribution in [2.75, 3.05) is 0 Å². The van der Waals surface area contributed by atoms with Gasteiger partial charge in [0.15, 0.2) is 17.5 Å². The summed E-state index contributed by atoms with van der Waals surface area (Å²) in [6.45, 7) is 0. The zero-order valence-electron chi connectivity index (χ0n) is 23.5. The van der Waals surface area contributed by atoms with E-state index in [1.165, 1.54) is 21.5 Å². The van der Waals surface area contributed by atoms with E-state index < -0.39 is 0 Å². The lowest BCUT2D eigenvalue weighted by molar-refractivity contribution is 0.980. The zero-order valence-corrected chi connectivity index (χ0v) is 23.5. The summed E-state index contributed by atoms with van der Waals surface area (Å²) < 4.78 is 4.38. The van der Waals surface area contributed by atoms with Gasteiger partial charge in [-0.25, -0.2) is 19.9 Å². The Hall–Kier alpha value is -6.14. The van der Waals surface area contributed by atoms with Crippen LogP contribution in [0, 0.1) is 0 Å². The summed E-state index contributed by atoms with van der Waals surface area (Å²) in [7, 11) is 0. The number of pyridine rings is 1. The van der Waals surface area contributed by atoms with E-state index >= 15 is 0 Å². The summed E-state index contributed by atoms with van der Waals surface area (Å²) in [4.78, 5) is 20.2. The van der Waals surface area contributed by atoms with Gasteiger partial charge < -0.3 is 0 Å². The summed E-state index contributed by atoms with van der Waals surface area (Å²) in [5.41, 5.74) is 5.64. The Bertz CT molecular complexity index is 2440. The molecule has 0 N–H and O–H groups in total. The van der Waals surface area contributed by atoms with Gasteiger partial charge in [-0.1, -0.05) is 115 Å². The Kier molecular flexibility index (Phi) is 5.40. The molecule has 5 aromatic carbocycles. The fourth-order valence-corrected chi connectivity index (χ4v) is 6.21. The van der Waals surface area contributed by atoms with E-state index in [1.54, 1.807) is 0 Å². The van der Waals surface area contributed by atoms with Gasteiger partial charge in [0.1, 0.15) is 5.69 Å². The third kappa shape index (κ3) is 3.75. The fourth-order valence-electron chi connectivity index (χ4n) is 6.21. The van der Waals surface area contributed by atoms with Gasteiger partial charge in [0.2, 0.25) is 5.95 Å². The van der Waals surface area contributed by atoms with Gasteiger partial charge in [-0.3, -0.25) is 8.97 Å². The number of hydrogen-bond donors (Lipinski definition) is 0. The summed E-state index contributed by atoms with van der Waals surface area (Å²) in [5.74, 6) is 2.52. The molecule has 206 valence electrons. The van der Waals surface area contributed by atoms with E-state index in [1.807, 2.05) is 72.8 Å². The normalized spacial score (nSPS) is 11.6. The van der Waals surface area contributed by atoms with Crippen LogP contribution >= 0.6 is 0 Å². The first-order valence-corrected chi connectivity index (χ1v) is 14.6. The maximum atomic E-state index is 5.33. The minimum absolute atomic E-state index is 0.527. The quantitative estimate of drug-likeness (QED) is 0.214. The van der Waals surface area contributed by atoms with Gasteiger partial charge in [0.25, 0.3) is 0 Å². The molecule has 0 aliphatic rings. The van der Waals surface area contributed by atoms with Gasteiger partial charge in [-0.05, 0) is 35.0 Å². The van der Waals surface area contributed by atoms with Gasteiger partial charge in [0, 0.05) is 28.1 Å². The molecule has 4 aromatic heterocycles. The Morgan fingerprint density at radius 3 is 1.75 bits per heavy atom. The van der Waals surface area contributed by atoms with Crippen molar-refractivity contribution in [1.29, 1.82) is 0 Å². The molecule has 0 spiro atoms. The van der Waals surface area contributed by atoms with Crippen molar-refractivity contribution < 1.29 is 0 Å². The van der Waals surface area contributed by atoms with Crippen LogP contribution in [0.1, 0.15) is 0 Å². The molecule has 0 fully saturated rings. The van der Waals surface area contributed by atoms with Crippen molar-refractivity contribution in [1.82, 2.24) is 28.9 Å². The highest BCUT2D eigenvalue weighted by atomic mass is 15.2. The molecular formula is C38H24N6. The van der Waals surface area contributed by atoms with Gasteiger partial charge in [0.05, 0.1) is 16.6 Å². The van der Waals surface area contributed by atoms with Crippen LogP contribution in [0.15, 0.2) is 146 Å². The average Bonchev–Trinajstić information content (AvgIpc) is 3.65. The van der Waals surface area contributed by atoms with Gasteiger partial charge >= 0.3 is 0 Å². The van der Waals surface area contributed by atoms with E-state index in [0.29, 0.717) is 23.2 Å². The van der Waals surface area contributed by atoms with Crippen LogP contribution in [0.25, 0.3) is 78.3 Å². The van der Waals surface area contributed by atoms with Crippen molar-refractivity contribution in [3.63, 3.8) is 0 Å². The monoisotopic (exact) mass is 564 g/mol. The Morgan fingerprint density at radius 1 is 0.409 bits per heavy atom. The summed E-state index contributed by atoms with van der Waals surface area (Å²) in [6, 6.07) is 47.7. The fraction of sp³-hybridized carbons (Fsp3) is 0. The maximum absolute atomic E-state index is 5.33. The van der Waals surface area contributed by atoms with E-state index in [0.717, 1.165) is 33.6 Å². The van der Waals surface area contributed by atoms with E-state index in [2.05, 4.69) is 81.9 Å². The average molecular weight is 565 g/mol. The van der Waals surface area contributed by atoms with Crippen LogP contribution in [0.5, 0.6) is 0 Å². The number of para-hydroxylation sites is 1. The smallest absolute Gasteiger partial charge is 0.220 e. The Balaban J connectivity index is 1.35. The highest BCUT2D eigenvalue weighted by molar-refractivity contribution is 6.21. The predicted octanol–water partition coefficient (Wildman–Crippen LogP) is 8.77. The van der Waals surface area contributed by atoms with Crippen molar-refractivity contribution in [3.8, 4) is 40.2 Å². The zero-order chi connectivity index (χ0) is 29.0.